The van der Waals surface area contributed by atoms with E-state index in [0.717, 1.165) is 33.6 Å². The molecule has 190 valence electrons. The summed E-state index contributed by atoms with van der Waals surface area (Å²) in [5.74, 6) is -0.474. The average molecular weight is 517 g/mol. The molecule has 0 saturated heterocycles. The minimum Gasteiger partial charge on any atom is -0.390 e. The van der Waals surface area contributed by atoms with Crippen LogP contribution in [0.2, 0.25) is 0 Å². The van der Waals surface area contributed by atoms with Crippen LogP contribution in [0.15, 0.2) is 35.3 Å². The Morgan fingerprint density at radius 1 is 0.949 bits per heavy atom. The molecule has 0 fully saturated rings. The highest BCUT2D eigenvalue weighted by atomic mass is 19.1. The Kier molecular flexibility index (Phi) is 6.71. The Balaban J connectivity index is 1.90. The molecule has 4 aromatic heterocycles. The van der Waals surface area contributed by atoms with Crippen LogP contribution in [0.4, 0.5) is 10.3 Å². The molecule has 9 nitrogen and oxygen atoms in total. The van der Waals surface area contributed by atoms with Crippen molar-refractivity contribution >= 4 is 78.1 Å². The molecule has 15 heteroatoms. The van der Waals surface area contributed by atoms with Crippen LogP contribution < -0.4 is 38.7 Å². The molecule has 0 unspecified atom stereocenters. The molecule has 5 rings (SSSR count). The van der Waals surface area contributed by atoms with E-state index in [4.69, 9.17) is 15.8 Å². The van der Waals surface area contributed by atoms with E-state index in [-0.39, 0.29) is 19.1 Å². The fourth-order valence-corrected chi connectivity index (χ4v) is 5.12. The van der Waals surface area contributed by atoms with E-state index in [9.17, 15) is 14.3 Å². The van der Waals surface area contributed by atoms with Crippen LogP contribution in [0.3, 0.4) is 0 Å². The maximum atomic E-state index is 13.5. The van der Waals surface area contributed by atoms with Crippen LogP contribution >= 0.6 is 0 Å². The minimum atomic E-state index is -0.494. The van der Waals surface area contributed by atoms with E-state index in [1.165, 1.54) is 26.7 Å². The van der Waals surface area contributed by atoms with Gasteiger partial charge in [-0.05, 0) is 42.3 Å². The van der Waals surface area contributed by atoms with E-state index >= 15 is 0 Å². The molecule has 0 aliphatic carbocycles. The standard InChI is InChI=1S/C24H25B5FN7O2/c1-9-4-10(5-13(8-38)33-9)14-21(15-16(25)18(27)20(29)19(28)17(15)26)34-23(31)37-22(14)35-36(24(37)39)7-12-3-2-11(30)6-32-12/h2-6,38H,7-8,25-29H2,1H3,(H2,31,34). The monoisotopic (exact) mass is 517 g/mol. The maximum Gasteiger partial charge on any atom is 0.353 e. The summed E-state index contributed by atoms with van der Waals surface area (Å²) in [4.78, 5) is 26.8. The third-order valence-corrected chi connectivity index (χ3v) is 7.55. The summed E-state index contributed by atoms with van der Waals surface area (Å²) in [5, 5.41) is 14.6. The van der Waals surface area contributed by atoms with Crippen molar-refractivity contribution < 1.29 is 9.50 Å². The number of hydrogen-bond acceptors (Lipinski definition) is 7. The smallest absolute Gasteiger partial charge is 0.353 e. The molecule has 0 bridgehead atoms. The Bertz CT molecular complexity index is 1810. The van der Waals surface area contributed by atoms with E-state index < -0.39 is 11.5 Å². The van der Waals surface area contributed by atoms with E-state index in [1.54, 1.807) is 6.07 Å². The number of pyridine rings is 2. The summed E-state index contributed by atoms with van der Waals surface area (Å²) >= 11 is 0. The molecule has 0 spiro atoms. The predicted molar refractivity (Wildman–Crippen MR) is 165 cm³/mol. The number of aryl methyl sites for hydroxylation is 1. The number of benzene rings is 1. The molecular weight excluding hydrogens is 491 g/mol. The molecule has 5 aromatic rings. The van der Waals surface area contributed by atoms with Gasteiger partial charge < -0.3 is 10.8 Å². The van der Waals surface area contributed by atoms with Crippen molar-refractivity contribution in [2.75, 3.05) is 5.73 Å². The molecule has 0 radical (unpaired) electrons. The first-order valence-corrected chi connectivity index (χ1v) is 12.6. The van der Waals surface area contributed by atoms with Crippen molar-refractivity contribution in [2.45, 2.75) is 20.1 Å². The van der Waals surface area contributed by atoms with Gasteiger partial charge in [-0.3, -0.25) is 9.97 Å². The summed E-state index contributed by atoms with van der Waals surface area (Å²) in [6.45, 7) is 1.61. The van der Waals surface area contributed by atoms with Gasteiger partial charge in [-0.1, -0.05) is 10.9 Å². The van der Waals surface area contributed by atoms with Crippen molar-refractivity contribution in [1.29, 1.82) is 0 Å². The third-order valence-electron chi connectivity index (χ3n) is 7.55. The van der Waals surface area contributed by atoms with Crippen LogP contribution in [0.1, 0.15) is 17.1 Å². The molecule has 0 atom stereocenters. The van der Waals surface area contributed by atoms with Gasteiger partial charge in [0.25, 0.3) is 0 Å². The zero-order chi connectivity index (χ0) is 28.2. The lowest BCUT2D eigenvalue weighted by Crippen LogP contribution is -2.55. The molecule has 3 N–H and O–H groups in total. The zero-order valence-corrected chi connectivity index (χ0v) is 22.8. The SMILES string of the molecule is Bc1c(B)c(B)c(-c2nc(N)n3c(=O)n(Cc4ccc(F)cn4)nc3c2-c2cc(C)nc(CO)c2)c(B)c1B. The van der Waals surface area contributed by atoms with Gasteiger partial charge >= 0.3 is 5.69 Å². The number of hydrogen-bond donors (Lipinski definition) is 2. The number of aliphatic hydroxyl groups is 1. The van der Waals surface area contributed by atoms with Gasteiger partial charge in [0.2, 0.25) is 5.95 Å². The van der Waals surface area contributed by atoms with Gasteiger partial charge in [0.15, 0.2) is 5.65 Å². The van der Waals surface area contributed by atoms with Crippen LogP contribution in [0.5, 0.6) is 0 Å². The Hall–Kier alpha value is -4.12. The highest BCUT2D eigenvalue weighted by Gasteiger charge is 2.25. The highest BCUT2D eigenvalue weighted by molar-refractivity contribution is 6.68. The molecule has 1 aromatic carbocycles. The van der Waals surface area contributed by atoms with Crippen LogP contribution in [-0.2, 0) is 13.2 Å². The first-order chi connectivity index (χ1) is 18.5. The van der Waals surface area contributed by atoms with E-state index in [0.29, 0.717) is 39.5 Å². The third kappa shape index (κ3) is 4.46. The molecule has 0 saturated carbocycles. The number of aliphatic hydroxyl groups excluding tert-OH is 1. The second-order valence-corrected chi connectivity index (χ2v) is 9.91. The van der Waals surface area contributed by atoms with E-state index in [2.05, 4.69) is 49.2 Å². The minimum absolute atomic E-state index is 0.00472. The lowest BCUT2D eigenvalue weighted by molar-refractivity contribution is 0.276. The number of nitrogens with zero attached hydrogens (tertiary/aromatic N) is 6. The number of anilines is 1. The predicted octanol–water partition coefficient (Wildman–Crippen LogP) is -6.12. The quantitative estimate of drug-likeness (QED) is 0.223. The lowest BCUT2D eigenvalue weighted by Gasteiger charge is -2.22. The van der Waals surface area contributed by atoms with Crippen molar-refractivity contribution in [3.05, 3.63) is 63.8 Å². The van der Waals surface area contributed by atoms with Gasteiger partial charge in [0, 0.05) is 5.69 Å². The lowest BCUT2D eigenvalue weighted by atomic mass is 9.60. The summed E-state index contributed by atoms with van der Waals surface area (Å²) in [5.41, 5.74) is 16.3. The fraction of sp³-hybridized carbons (Fsp3) is 0.125. The first kappa shape index (κ1) is 26.5. The van der Waals surface area contributed by atoms with Crippen LogP contribution in [0, 0.1) is 12.7 Å². The first-order valence-electron chi connectivity index (χ1n) is 12.6. The second-order valence-electron chi connectivity index (χ2n) is 9.91. The van der Waals surface area contributed by atoms with Crippen LogP contribution in [-0.4, -0.2) is 73.5 Å². The summed E-state index contributed by atoms with van der Waals surface area (Å²) < 4.78 is 15.9. The number of nitrogen functional groups attached to an aromatic ring is 1. The highest BCUT2D eigenvalue weighted by Crippen LogP contribution is 2.33. The van der Waals surface area contributed by atoms with Gasteiger partial charge in [-0.15, -0.1) is 21.5 Å². The molecule has 0 aliphatic rings. The molecular formula is C24H25B5FN7O2. The van der Waals surface area contributed by atoms with E-state index in [1.807, 2.05) is 13.0 Å². The summed E-state index contributed by atoms with van der Waals surface area (Å²) in [6, 6.07) is 6.43. The largest absolute Gasteiger partial charge is 0.390 e. The van der Waals surface area contributed by atoms with Crippen molar-refractivity contribution in [3.63, 3.8) is 0 Å². The molecule has 4 heterocycles. The normalized spacial score (nSPS) is 11.4. The van der Waals surface area contributed by atoms with Crippen molar-refractivity contribution in [2.24, 2.45) is 0 Å². The maximum absolute atomic E-state index is 13.5. The fourth-order valence-electron chi connectivity index (χ4n) is 5.12. The molecule has 39 heavy (non-hydrogen) atoms. The number of rotatable bonds is 5. The molecule has 0 amide bonds. The summed E-state index contributed by atoms with van der Waals surface area (Å²) in [7, 11) is 10.4. The van der Waals surface area contributed by atoms with Crippen molar-refractivity contribution in [1.82, 2.24) is 29.1 Å². The Morgan fingerprint density at radius 3 is 2.23 bits per heavy atom. The topological polar surface area (TPSA) is 124 Å². The van der Waals surface area contributed by atoms with Gasteiger partial charge in [0.05, 0.1) is 42.0 Å². The Morgan fingerprint density at radius 2 is 1.62 bits per heavy atom. The number of halogens is 1. The summed E-state index contributed by atoms with van der Waals surface area (Å²) in [6.07, 6.45) is 1.10. The number of aromatic nitrogens is 6. The number of fused-ring (bicyclic) bond motifs is 1. The second kappa shape index (κ2) is 9.88. The van der Waals surface area contributed by atoms with Gasteiger partial charge in [-0.25, -0.2) is 23.3 Å². The number of nitrogens with two attached hydrogens (primary N) is 1. The zero-order valence-electron chi connectivity index (χ0n) is 22.8. The average Bonchev–Trinajstić information content (AvgIpc) is 3.23. The Labute approximate surface area is 228 Å². The van der Waals surface area contributed by atoms with Crippen LogP contribution in [0.25, 0.3) is 28.0 Å². The van der Waals surface area contributed by atoms with Gasteiger partial charge in [0.1, 0.15) is 45.0 Å². The molecule has 0 aliphatic heterocycles. The van der Waals surface area contributed by atoms with Crippen molar-refractivity contribution in [3.8, 4) is 22.4 Å². The van der Waals surface area contributed by atoms with Gasteiger partial charge in [-0.2, -0.15) is 0 Å².